The number of ketones is 1. The molecule has 0 spiro atoms. The van der Waals surface area contributed by atoms with Crippen LogP contribution in [0.1, 0.15) is 26.7 Å². The van der Waals surface area contributed by atoms with Crippen LogP contribution in [-0.2, 0) is 4.79 Å². The molecular weight excluding hydrogens is 188 g/mol. The molecular formula is C10H15F2NO. The van der Waals surface area contributed by atoms with E-state index in [1.165, 1.54) is 6.08 Å². The summed E-state index contributed by atoms with van der Waals surface area (Å²) >= 11 is 0. The molecule has 0 radical (unpaired) electrons. The lowest BCUT2D eigenvalue weighted by molar-refractivity contribution is -0.115. The number of hydrogen-bond acceptors (Lipinski definition) is 2. The van der Waals surface area contributed by atoms with Gasteiger partial charge in [-0.15, -0.1) is 0 Å². The number of rotatable bonds is 3. The van der Waals surface area contributed by atoms with E-state index < -0.39 is 5.92 Å². The lowest BCUT2D eigenvalue weighted by Gasteiger charge is -2.07. The van der Waals surface area contributed by atoms with Crippen molar-refractivity contribution >= 4 is 5.78 Å². The SMILES string of the molecule is CC(C)=CC(=O)CC1CC(F)(F)CN1. The van der Waals surface area contributed by atoms with Crippen LogP contribution in [0.2, 0.25) is 0 Å². The minimum absolute atomic E-state index is 0.0831. The van der Waals surface area contributed by atoms with Gasteiger partial charge in [0.25, 0.3) is 5.92 Å². The molecule has 1 aliphatic heterocycles. The van der Waals surface area contributed by atoms with Crippen LogP contribution >= 0.6 is 0 Å². The molecule has 0 aromatic heterocycles. The quantitative estimate of drug-likeness (QED) is 0.710. The third-order valence-corrected chi connectivity index (χ3v) is 2.09. The van der Waals surface area contributed by atoms with Gasteiger partial charge < -0.3 is 5.32 Å². The van der Waals surface area contributed by atoms with Crippen molar-refractivity contribution in [3.05, 3.63) is 11.6 Å². The molecule has 0 saturated carbocycles. The predicted octanol–water partition coefficient (Wildman–Crippen LogP) is 1.91. The Bertz CT molecular complexity index is 257. The molecule has 0 aromatic rings. The first-order valence-corrected chi connectivity index (χ1v) is 4.68. The number of alkyl halides is 2. The molecule has 2 nitrogen and oxygen atoms in total. The van der Waals surface area contributed by atoms with E-state index >= 15 is 0 Å². The highest BCUT2D eigenvalue weighted by Gasteiger charge is 2.39. The molecule has 1 heterocycles. The van der Waals surface area contributed by atoms with Gasteiger partial charge in [-0.2, -0.15) is 0 Å². The minimum Gasteiger partial charge on any atom is -0.308 e. The van der Waals surface area contributed by atoms with Gasteiger partial charge in [0.1, 0.15) is 0 Å². The summed E-state index contributed by atoms with van der Waals surface area (Å²) in [6, 6.07) is -0.368. The van der Waals surface area contributed by atoms with Crippen LogP contribution in [0.5, 0.6) is 0 Å². The standard InChI is InChI=1S/C10H15F2NO/c1-7(2)3-9(14)4-8-5-10(11,12)6-13-8/h3,8,13H,4-6H2,1-2H3. The summed E-state index contributed by atoms with van der Waals surface area (Å²) in [5, 5.41) is 2.65. The molecule has 0 bridgehead atoms. The van der Waals surface area contributed by atoms with E-state index in [9.17, 15) is 13.6 Å². The van der Waals surface area contributed by atoms with Crippen molar-refractivity contribution in [2.45, 2.75) is 38.7 Å². The van der Waals surface area contributed by atoms with E-state index in [4.69, 9.17) is 0 Å². The summed E-state index contributed by atoms with van der Waals surface area (Å²) in [5.74, 6) is -2.73. The fraction of sp³-hybridized carbons (Fsp3) is 0.700. The van der Waals surface area contributed by atoms with Gasteiger partial charge in [-0.3, -0.25) is 4.79 Å². The van der Waals surface area contributed by atoms with Gasteiger partial charge in [-0.1, -0.05) is 5.57 Å². The Morgan fingerprint density at radius 3 is 2.64 bits per heavy atom. The monoisotopic (exact) mass is 203 g/mol. The summed E-state index contributed by atoms with van der Waals surface area (Å²) in [6.07, 6.45) is 1.44. The van der Waals surface area contributed by atoms with Gasteiger partial charge >= 0.3 is 0 Å². The Kier molecular flexibility index (Phi) is 3.37. The van der Waals surface area contributed by atoms with Crippen molar-refractivity contribution in [2.24, 2.45) is 0 Å². The van der Waals surface area contributed by atoms with Crippen LogP contribution < -0.4 is 5.32 Å². The fourth-order valence-corrected chi connectivity index (χ4v) is 1.57. The van der Waals surface area contributed by atoms with E-state index in [1.807, 2.05) is 13.8 Å². The third kappa shape index (κ3) is 3.54. The first-order valence-electron chi connectivity index (χ1n) is 4.68. The van der Waals surface area contributed by atoms with E-state index in [2.05, 4.69) is 5.32 Å². The molecule has 0 aromatic carbocycles. The zero-order chi connectivity index (χ0) is 10.8. The summed E-state index contributed by atoms with van der Waals surface area (Å²) in [7, 11) is 0. The summed E-state index contributed by atoms with van der Waals surface area (Å²) in [4.78, 5) is 11.3. The van der Waals surface area contributed by atoms with Gasteiger partial charge in [-0.25, -0.2) is 8.78 Å². The maximum Gasteiger partial charge on any atom is 0.261 e. The van der Waals surface area contributed by atoms with Crippen LogP contribution in [0.4, 0.5) is 8.78 Å². The van der Waals surface area contributed by atoms with Gasteiger partial charge in [0, 0.05) is 18.9 Å². The smallest absolute Gasteiger partial charge is 0.261 e. The second kappa shape index (κ2) is 4.17. The van der Waals surface area contributed by atoms with Gasteiger partial charge in [0.15, 0.2) is 5.78 Å². The van der Waals surface area contributed by atoms with Crippen molar-refractivity contribution < 1.29 is 13.6 Å². The molecule has 1 rings (SSSR count). The maximum absolute atomic E-state index is 12.7. The number of carbonyl (C=O) groups is 1. The van der Waals surface area contributed by atoms with E-state index in [-0.39, 0.29) is 31.2 Å². The molecule has 1 atom stereocenters. The Balaban J connectivity index is 2.40. The number of carbonyl (C=O) groups excluding carboxylic acids is 1. The van der Waals surface area contributed by atoms with Crippen molar-refractivity contribution in [3.8, 4) is 0 Å². The molecule has 80 valence electrons. The number of hydrogen-bond donors (Lipinski definition) is 1. The van der Waals surface area contributed by atoms with Crippen molar-refractivity contribution in [2.75, 3.05) is 6.54 Å². The number of allylic oxidation sites excluding steroid dienone is 2. The zero-order valence-corrected chi connectivity index (χ0v) is 8.44. The van der Waals surface area contributed by atoms with Crippen molar-refractivity contribution in [1.29, 1.82) is 0 Å². The highest BCUT2D eigenvalue weighted by Crippen LogP contribution is 2.26. The van der Waals surface area contributed by atoms with E-state index in [0.717, 1.165) is 5.57 Å². The molecule has 1 N–H and O–H groups in total. The third-order valence-electron chi connectivity index (χ3n) is 2.09. The largest absolute Gasteiger partial charge is 0.308 e. The number of nitrogens with one attached hydrogen (secondary N) is 1. The molecule has 1 saturated heterocycles. The zero-order valence-electron chi connectivity index (χ0n) is 8.44. The van der Waals surface area contributed by atoms with Gasteiger partial charge in [0.2, 0.25) is 0 Å². The Hall–Kier alpha value is -0.770. The summed E-state index contributed by atoms with van der Waals surface area (Å²) < 4.78 is 25.4. The topological polar surface area (TPSA) is 29.1 Å². The first kappa shape index (κ1) is 11.3. The number of halogens is 2. The average molecular weight is 203 g/mol. The average Bonchev–Trinajstić information content (AvgIpc) is 2.27. The minimum atomic E-state index is -2.64. The van der Waals surface area contributed by atoms with Gasteiger partial charge in [0.05, 0.1) is 6.54 Å². The highest BCUT2D eigenvalue weighted by atomic mass is 19.3. The van der Waals surface area contributed by atoms with Gasteiger partial charge in [-0.05, 0) is 19.9 Å². The second-order valence-corrected chi connectivity index (χ2v) is 4.03. The molecule has 4 heteroatoms. The lowest BCUT2D eigenvalue weighted by atomic mass is 10.1. The Morgan fingerprint density at radius 2 is 2.21 bits per heavy atom. The highest BCUT2D eigenvalue weighted by molar-refractivity contribution is 5.90. The van der Waals surface area contributed by atoms with Crippen molar-refractivity contribution in [3.63, 3.8) is 0 Å². The molecule has 0 amide bonds. The molecule has 14 heavy (non-hydrogen) atoms. The second-order valence-electron chi connectivity index (χ2n) is 4.03. The maximum atomic E-state index is 12.7. The normalized spacial score (nSPS) is 24.7. The molecule has 1 aliphatic rings. The van der Waals surface area contributed by atoms with Crippen LogP contribution in [0.3, 0.4) is 0 Å². The van der Waals surface area contributed by atoms with E-state index in [0.29, 0.717) is 0 Å². The lowest BCUT2D eigenvalue weighted by Crippen LogP contribution is -2.24. The molecule has 1 unspecified atom stereocenters. The van der Waals surface area contributed by atoms with Crippen LogP contribution in [-0.4, -0.2) is 24.3 Å². The predicted molar refractivity (Wildman–Crippen MR) is 50.4 cm³/mol. The van der Waals surface area contributed by atoms with Crippen LogP contribution in [0.25, 0.3) is 0 Å². The first-order chi connectivity index (χ1) is 6.39. The van der Waals surface area contributed by atoms with Crippen LogP contribution in [0.15, 0.2) is 11.6 Å². The molecule has 1 fully saturated rings. The van der Waals surface area contributed by atoms with Crippen molar-refractivity contribution in [1.82, 2.24) is 5.32 Å². The summed E-state index contributed by atoms with van der Waals surface area (Å²) in [5.41, 5.74) is 0.903. The molecule has 0 aliphatic carbocycles. The fourth-order valence-electron chi connectivity index (χ4n) is 1.57. The Morgan fingerprint density at radius 1 is 1.57 bits per heavy atom. The van der Waals surface area contributed by atoms with E-state index in [1.54, 1.807) is 0 Å². The Labute approximate surface area is 82.4 Å². The summed E-state index contributed by atoms with van der Waals surface area (Å²) in [6.45, 7) is 3.32. The van der Waals surface area contributed by atoms with Crippen LogP contribution in [0, 0.1) is 0 Å².